The first-order valence-electron chi connectivity index (χ1n) is 5.90. The van der Waals surface area contributed by atoms with Crippen LogP contribution in [0.4, 0.5) is 24.0 Å². The molecular weight excluding hydrogens is 319 g/mol. The Morgan fingerprint density at radius 1 is 1.33 bits per heavy atom. The van der Waals surface area contributed by atoms with Crippen molar-refractivity contribution < 1.29 is 13.2 Å². The molecule has 2 rings (SSSR count). The number of hydrogen-bond acceptors (Lipinski definition) is 4. The SMILES string of the molecule is Cc1nc(Nc2ccc(C(F)(F)F)cc2C(N)=S)sc1C. The number of hydrogen-bond donors (Lipinski definition) is 2. The number of nitrogens with one attached hydrogen (secondary N) is 1. The number of benzene rings is 1. The highest BCUT2D eigenvalue weighted by atomic mass is 32.1. The second-order valence-corrected chi connectivity index (χ2v) is 6.05. The Hall–Kier alpha value is -1.67. The number of nitrogens with zero attached hydrogens (tertiary/aromatic N) is 1. The number of thiocarbonyl (C=S) groups is 1. The number of nitrogens with two attached hydrogens (primary N) is 1. The van der Waals surface area contributed by atoms with Gasteiger partial charge in [0.25, 0.3) is 0 Å². The van der Waals surface area contributed by atoms with Crippen molar-refractivity contribution in [3.8, 4) is 0 Å². The topological polar surface area (TPSA) is 50.9 Å². The molecule has 2 aromatic rings. The molecule has 0 saturated heterocycles. The van der Waals surface area contributed by atoms with Crippen LogP contribution in [-0.2, 0) is 6.18 Å². The summed E-state index contributed by atoms with van der Waals surface area (Å²) in [6.45, 7) is 3.78. The zero-order chi connectivity index (χ0) is 15.8. The molecule has 3 N–H and O–H groups in total. The van der Waals surface area contributed by atoms with Gasteiger partial charge in [-0.1, -0.05) is 12.2 Å². The fourth-order valence-electron chi connectivity index (χ4n) is 1.67. The van der Waals surface area contributed by atoms with Crippen molar-refractivity contribution in [3.63, 3.8) is 0 Å². The van der Waals surface area contributed by atoms with Gasteiger partial charge in [-0.15, -0.1) is 11.3 Å². The second kappa shape index (κ2) is 5.61. The molecule has 1 heterocycles. The third-order valence-corrected chi connectivity index (χ3v) is 4.09. The molecule has 1 aromatic heterocycles. The average Bonchev–Trinajstić information content (AvgIpc) is 2.67. The van der Waals surface area contributed by atoms with Gasteiger partial charge in [0.1, 0.15) is 4.99 Å². The molecule has 0 saturated carbocycles. The molecule has 1 aromatic carbocycles. The van der Waals surface area contributed by atoms with Gasteiger partial charge in [0.2, 0.25) is 0 Å². The summed E-state index contributed by atoms with van der Waals surface area (Å²) in [4.78, 5) is 5.20. The lowest BCUT2D eigenvalue weighted by Gasteiger charge is -2.13. The Labute approximate surface area is 129 Å². The number of anilines is 2. The molecule has 0 bridgehead atoms. The largest absolute Gasteiger partial charge is 0.416 e. The summed E-state index contributed by atoms with van der Waals surface area (Å²) in [5.74, 6) is 0. The molecule has 0 amide bonds. The highest BCUT2D eigenvalue weighted by Crippen LogP contribution is 2.33. The van der Waals surface area contributed by atoms with Crippen LogP contribution in [0.25, 0.3) is 0 Å². The Kier molecular flexibility index (Phi) is 4.20. The number of aromatic nitrogens is 1. The van der Waals surface area contributed by atoms with Crippen LogP contribution in [0.1, 0.15) is 21.7 Å². The summed E-state index contributed by atoms with van der Waals surface area (Å²) in [5, 5.41) is 3.55. The van der Waals surface area contributed by atoms with Crippen molar-refractivity contribution in [1.82, 2.24) is 4.98 Å². The van der Waals surface area contributed by atoms with E-state index in [1.165, 1.54) is 17.4 Å². The van der Waals surface area contributed by atoms with E-state index in [1.807, 2.05) is 13.8 Å². The fourth-order valence-corrected chi connectivity index (χ4v) is 2.67. The van der Waals surface area contributed by atoms with Gasteiger partial charge in [-0.25, -0.2) is 4.98 Å². The van der Waals surface area contributed by atoms with E-state index in [4.69, 9.17) is 18.0 Å². The first kappa shape index (κ1) is 15.7. The summed E-state index contributed by atoms with van der Waals surface area (Å²) >= 11 is 6.24. The van der Waals surface area contributed by atoms with Crippen molar-refractivity contribution >= 4 is 39.4 Å². The molecule has 0 aliphatic heterocycles. The molecular formula is C13H12F3N3S2. The predicted molar refractivity (Wildman–Crippen MR) is 82.2 cm³/mol. The highest BCUT2D eigenvalue weighted by Gasteiger charge is 2.31. The van der Waals surface area contributed by atoms with Gasteiger partial charge in [-0.05, 0) is 32.0 Å². The van der Waals surface area contributed by atoms with Crippen molar-refractivity contribution in [1.29, 1.82) is 0 Å². The minimum absolute atomic E-state index is 0.103. The molecule has 8 heteroatoms. The summed E-state index contributed by atoms with van der Waals surface area (Å²) < 4.78 is 38.2. The third kappa shape index (κ3) is 3.51. The van der Waals surface area contributed by atoms with Crippen molar-refractivity contribution in [2.45, 2.75) is 20.0 Å². The quantitative estimate of drug-likeness (QED) is 0.829. The van der Waals surface area contributed by atoms with Crippen LogP contribution < -0.4 is 11.1 Å². The van der Waals surface area contributed by atoms with E-state index in [1.54, 1.807) is 0 Å². The van der Waals surface area contributed by atoms with Crippen LogP contribution in [0.3, 0.4) is 0 Å². The summed E-state index contributed by atoms with van der Waals surface area (Å²) in [6.07, 6.45) is -4.44. The lowest BCUT2D eigenvalue weighted by Crippen LogP contribution is -2.14. The van der Waals surface area contributed by atoms with Gasteiger partial charge in [-0.3, -0.25) is 0 Å². The molecule has 0 atom stereocenters. The van der Waals surface area contributed by atoms with Crippen molar-refractivity contribution in [2.75, 3.05) is 5.32 Å². The maximum absolute atomic E-state index is 12.7. The Balaban J connectivity index is 2.41. The third-order valence-electron chi connectivity index (χ3n) is 2.88. The Morgan fingerprint density at radius 3 is 2.48 bits per heavy atom. The van der Waals surface area contributed by atoms with E-state index in [0.29, 0.717) is 10.8 Å². The molecule has 112 valence electrons. The van der Waals surface area contributed by atoms with Crippen LogP contribution in [0, 0.1) is 13.8 Å². The van der Waals surface area contributed by atoms with E-state index in [9.17, 15) is 13.2 Å². The van der Waals surface area contributed by atoms with Crippen LogP contribution in [0.15, 0.2) is 18.2 Å². The van der Waals surface area contributed by atoms with E-state index in [0.717, 1.165) is 22.7 Å². The standard InChI is InChI=1S/C13H12F3N3S2/c1-6-7(2)21-12(18-6)19-10-4-3-8(13(14,15)16)5-9(10)11(17)20/h3-5H,1-2H3,(H2,17,20)(H,18,19). The van der Waals surface area contributed by atoms with Gasteiger partial charge < -0.3 is 11.1 Å². The number of aryl methyl sites for hydroxylation is 2. The van der Waals surface area contributed by atoms with Crippen LogP contribution in [-0.4, -0.2) is 9.97 Å². The normalized spacial score (nSPS) is 11.5. The van der Waals surface area contributed by atoms with Crippen molar-refractivity contribution in [2.24, 2.45) is 5.73 Å². The molecule has 3 nitrogen and oxygen atoms in total. The van der Waals surface area contributed by atoms with Crippen LogP contribution >= 0.6 is 23.6 Å². The Morgan fingerprint density at radius 2 is 2.00 bits per heavy atom. The number of rotatable bonds is 3. The van der Waals surface area contributed by atoms with Gasteiger partial charge in [0.05, 0.1) is 16.9 Å². The van der Waals surface area contributed by atoms with E-state index in [2.05, 4.69) is 10.3 Å². The fraction of sp³-hybridized carbons (Fsp3) is 0.231. The lowest BCUT2D eigenvalue weighted by atomic mass is 10.1. The Bertz CT molecular complexity index is 673. The molecule has 0 fully saturated rings. The molecule has 0 aliphatic carbocycles. The zero-order valence-electron chi connectivity index (χ0n) is 11.2. The second-order valence-electron chi connectivity index (χ2n) is 4.41. The molecule has 0 radical (unpaired) electrons. The first-order chi connectivity index (χ1) is 9.68. The van der Waals surface area contributed by atoms with E-state index >= 15 is 0 Å². The molecule has 0 unspecified atom stereocenters. The lowest BCUT2D eigenvalue weighted by molar-refractivity contribution is -0.137. The smallest absolute Gasteiger partial charge is 0.389 e. The average molecular weight is 331 g/mol. The minimum Gasteiger partial charge on any atom is -0.389 e. The van der Waals surface area contributed by atoms with Crippen LogP contribution in [0.5, 0.6) is 0 Å². The monoisotopic (exact) mass is 331 g/mol. The van der Waals surface area contributed by atoms with Gasteiger partial charge >= 0.3 is 6.18 Å². The maximum atomic E-state index is 12.7. The summed E-state index contributed by atoms with van der Waals surface area (Å²) in [5.41, 5.74) is 6.15. The molecule has 0 aliphatic rings. The zero-order valence-corrected chi connectivity index (χ0v) is 12.8. The highest BCUT2D eigenvalue weighted by molar-refractivity contribution is 7.80. The van der Waals surface area contributed by atoms with Gasteiger partial charge in [0, 0.05) is 10.4 Å². The number of halogens is 3. The predicted octanol–water partition coefficient (Wildman–Crippen LogP) is 4.16. The van der Waals surface area contributed by atoms with Crippen LogP contribution in [0.2, 0.25) is 0 Å². The summed E-state index contributed by atoms with van der Waals surface area (Å²) in [6, 6.07) is 3.23. The maximum Gasteiger partial charge on any atom is 0.416 e. The first-order valence-corrected chi connectivity index (χ1v) is 7.13. The van der Waals surface area contributed by atoms with E-state index in [-0.39, 0.29) is 10.6 Å². The molecule has 21 heavy (non-hydrogen) atoms. The van der Waals surface area contributed by atoms with E-state index < -0.39 is 11.7 Å². The number of thiazole rings is 1. The minimum atomic E-state index is -4.44. The van der Waals surface area contributed by atoms with Gasteiger partial charge in [-0.2, -0.15) is 13.2 Å². The molecule has 0 spiro atoms. The summed E-state index contributed by atoms with van der Waals surface area (Å²) in [7, 11) is 0. The van der Waals surface area contributed by atoms with Crippen molar-refractivity contribution in [3.05, 3.63) is 39.9 Å². The van der Waals surface area contributed by atoms with Gasteiger partial charge in [0.15, 0.2) is 5.13 Å². The number of alkyl halides is 3.